The van der Waals surface area contributed by atoms with Crippen LogP contribution in [0.15, 0.2) is 24.5 Å². The van der Waals surface area contributed by atoms with Crippen LogP contribution in [0.1, 0.15) is 42.6 Å². The Bertz CT molecular complexity index is 592. The Balaban J connectivity index is 2.33. The second-order valence-corrected chi connectivity index (χ2v) is 4.91. The second-order valence-electron chi connectivity index (χ2n) is 4.91. The number of pyridine rings is 1. The van der Waals surface area contributed by atoms with Gasteiger partial charge in [-0.25, -0.2) is 9.31 Å². The van der Waals surface area contributed by atoms with Crippen LogP contribution < -0.4 is 0 Å². The van der Waals surface area contributed by atoms with Crippen molar-refractivity contribution < 1.29 is 9.90 Å². The summed E-state index contributed by atoms with van der Waals surface area (Å²) in [6.07, 6.45) is 5.52. The molecule has 5 nitrogen and oxygen atoms in total. The van der Waals surface area contributed by atoms with Crippen molar-refractivity contribution in [2.24, 2.45) is 0 Å². The topological polar surface area (TPSA) is 57.8 Å². The first-order valence-corrected chi connectivity index (χ1v) is 7.08. The van der Waals surface area contributed by atoms with E-state index in [1.807, 2.05) is 12.1 Å². The highest BCUT2D eigenvalue weighted by molar-refractivity contribution is 5.96. The minimum Gasteiger partial charge on any atom is -0.478 e. The van der Waals surface area contributed by atoms with Crippen LogP contribution in [0.5, 0.6) is 0 Å². The van der Waals surface area contributed by atoms with Gasteiger partial charge in [0.1, 0.15) is 5.56 Å². The Labute approximate surface area is 118 Å². The zero-order chi connectivity index (χ0) is 14.5. The van der Waals surface area contributed by atoms with Crippen molar-refractivity contribution in [3.8, 4) is 0 Å². The molecule has 0 fully saturated rings. The van der Waals surface area contributed by atoms with Crippen LogP contribution in [0.4, 0.5) is 0 Å². The van der Waals surface area contributed by atoms with Crippen molar-refractivity contribution in [1.82, 2.24) is 14.5 Å². The van der Waals surface area contributed by atoms with E-state index < -0.39 is 5.97 Å². The maximum Gasteiger partial charge on any atom is 0.339 e. The van der Waals surface area contributed by atoms with Crippen molar-refractivity contribution in [3.63, 3.8) is 0 Å². The Kier molecular flexibility index (Phi) is 4.74. The fourth-order valence-corrected chi connectivity index (χ4v) is 2.37. The molecule has 2 rings (SSSR count). The molecule has 0 aliphatic carbocycles. The van der Waals surface area contributed by atoms with E-state index in [9.17, 15) is 9.90 Å². The van der Waals surface area contributed by atoms with E-state index in [1.165, 1.54) is 6.20 Å². The van der Waals surface area contributed by atoms with Gasteiger partial charge in [-0.2, -0.15) is 5.10 Å². The molecule has 5 heteroatoms. The summed E-state index contributed by atoms with van der Waals surface area (Å²) in [7, 11) is 0. The Morgan fingerprint density at radius 1 is 1.45 bits per heavy atom. The quantitative estimate of drug-likeness (QED) is 0.844. The fraction of sp³-hybridized carbons (Fsp3) is 0.467. The molecule has 0 amide bonds. The summed E-state index contributed by atoms with van der Waals surface area (Å²) in [5.74, 6) is -0.927. The van der Waals surface area contributed by atoms with Crippen LogP contribution >= 0.6 is 0 Å². The third-order valence-electron chi connectivity index (χ3n) is 3.52. The lowest BCUT2D eigenvalue weighted by Gasteiger charge is -2.20. The van der Waals surface area contributed by atoms with Gasteiger partial charge >= 0.3 is 5.97 Å². The Morgan fingerprint density at radius 3 is 2.90 bits per heavy atom. The van der Waals surface area contributed by atoms with Crippen molar-refractivity contribution >= 4 is 11.5 Å². The molecule has 2 aromatic rings. The Morgan fingerprint density at radius 2 is 2.25 bits per heavy atom. The van der Waals surface area contributed by atoms with Crippen LogP contribution in [0.25, 0.3) is 5.52 Å². The number of aromatic nitrogens is 2. The molecule has 0 radical (unpaired) electrons. The number of rotatable bonds is 7. The van der Waals surface area contributed by atoms with Gasteiger partial charge in [0.05, 0.1) is 11.7 Å². The molecule has 20 heavy (non-hydrogen) atoms. The summed E-state index contributed by atoms with van der Waals surface area (Å²) in [4.78, 5) is 13.6. The number of nitrogens with zero attached hydrogens (tertiary/aromatic N) is 3. The van der Waals surface area contributed by atoms with E-state index >= 15 is 0 Å². The lowest BCUT2D eigenvalue weighted by atomic mass is 10.1. The first-order chi connectivity index (χ1) is 9.67. The number of carbonyl (C=O) groups is 1. The van der Waals surface area contributed by atoms with Crippen molar-refractivity contribution in [2.75, 3.05) is 13.1 Å². The van der Waals surface area contributed by atoms with E-state index in [4.69, 9.17) is 0 Å². The number of carboxylic acid groups (broad SMARTS) is 1. The van der Waals surface area contributed by atoms with Crippen molar-refractivity contribution in [2.45, 2.75) is 33.2 Å². The molecule has 2 aromatic heterocycles. The van der Waals surface area contributed by atoms with Crippen molar-refractivity contribution in [1.29, 1.82) is 0 Å². The molecule has 0 aliphatic heterocycles. The zero-order valence-electron chi connectivity index (χ0n) is 12.0. The van der Waals surface area contributed by atoms with E-state index in [1.54, 1.807) is 10.7 Å². The third kappa shape index (κ3) is 2.99. The predicted octanol–water partition coefficient (Wildman–Crippen LogP) is 2.65. The summed E-state index contributed by atoms with van der Waals surface area (Å²) in [6, 6.07) is 3.90. The zero-order valence-corrected chi connectivity index (χ0v) is 12.0. The molecule has 0 saturated carbocycles. The third-order valence-corrected chi connectivity index (χ3v) is 3.52. The van der Waals surface area contributed by atoms with Gasteiger partial charge in [-0.05, 0) is 31.1 Å². The first kappa shape index (κ1) is 14.5. The summed E-state index contributed by atoms with van der Waals surface area (Å²) < 4.78 is 1.65. The van der Waals surface area contributed by atoms with Crippen LogP contribution in [-0.4, -0.2) is 38.7 Å². The first-order valence-electron chi connectivity index (χ1n) is 7.08. The van der Waals surface area contributed by atoms with Crippen molar-refractivity contribution in [3.05, 3.63) is 35.7 Å². The smallest absolute Gasteiger partial charge is 0.339 e. The van der Waals surface area contributed by atoms with Crippen LogP contribution in [0.2, 0.25) is 0 Å². The maximum absolute atomic E-state index is 11.3. The number of fused-ring (bicyclic) bond motifs is 1. The minimum atomic E-state index is -0.927. The van der Waals surface area contributed by atoms with E-state index in [0.717, 1.165) is 38.0 Å². The number of aromatic carboxylic acids is 1. The summed E-state index contributed by atoms with van der Waals surface area (Å²) in [5, 5.41) is 13.4. The SMILES string of the molecule is CCCCN(CC)Cc1cccn2ncc(C(=O)O)c12. The number of hydrogen-bond acceptors (Lipinski definition) is 3. The molecule has 0 saturated heterocycles. The van der Waals surface area contributed by atoms with Gasteiger partial charge in [0.15, 0.2) is 0 Å². The van der Waals surface area contributed by atoms with Gasteiger partial charge in [0.2, 0.25) is 0 Å². The molecule has 0 bridgehead atoms. The van der Waals surface area contributed by atoms with Gasteiger partial charge < -0.3 is 5.11 Å². The molecule has 0 aromatic carbocycles. The van der Waals surface area contributed by atoms with E-state index in [-0.39, 0.29) is 5.56 Å². The van der Waals surface area contributed by atoms with Crippen LogP contribution in [-0.2, 0) is 6.54 Å². The van der Waals surface area contributed by atoms with Gasteiger partial charge in [-0.1, -0.05) is 26.3 Å². The van der Waals surface area contributed by atoms with E-state index in [2.05, 4.69) is 23.8 Å². The van der Waals surface area contributed by atoms with Gasteiger partial charge in [0, 0.05) is 12.7 Å². The Hall–Kier alpha value is -1.88. The van der Waals surface area contributed by atoms with Crippen LogP contribution in [0.3, 0.4) is 0 Å². The molecule has 2 heterocycles. The number of carboxylic acids is 1. The van der Waals surface area contributed by atoms with Gasteiger partial charge in [-0.3, -0.25) is 4.90 Å². The van der Waals surface area contributed by atoms with E-state index in [0.29, 0.717) is 5.52 Å². The minimum absolute atomic E-state index is 0.271. The summed E-state index contributed by atoms with van der Waals surface area (Å²) in [5.41, 5.74) is 1.99. The van der Waals surface area contributed by atoms with Crippen LogP contribution in [0, 0.1) is 0 Å². The number of hydrogen-bond donors (Lipinski definition) is 1. The lowest BCUT2D eigenvalue weighted by molar-refractivity contribution is 0.0699. The molecular weight excluding hydrogens is 254 g/mol. The lowest BCUT2D eigenvalue weighted by Crippen LogP contribution is -2.24. The molecule has 0 spiro atoms. The largest absolute Gasteiger partial charge is 0.478 e. The normalized spacial score (nSPS) is 11.3. The summed E-state index contributed by atoms with van der Waals surface area (Å²) >= 11 is 0. The molecule has 0 aliphatic rings. The molecule has 108 valence electrons. The maximum atomic E-state index is 11.3. The second kappa shape index (κ2) is 6.52. The highest BCUT2D eigenvalue weighted by Gasteiger charge is 2.15. The van der Waals surface area contributed by atoms with Gasteiger partial charge in [-0.15, -0.1) is 0 Å². The molecule has 0 atom stereocenters. The number of unbranched alkanes of at least 4 members (excludes halogenated alkanes) is 1. The average Bonchev–Trinajstić information content (AvgIpc) is 2.88. The molecule has 0 unspecified atom stereocenters. The summed E-state index contributed by atoms with van der Waals surface area (Å²) in [6.45, 7) is 7.05. The standard InChI is InChI=1S/C15H21N3O2/c1-3-5-8-17(4-2)11-12-7-6-9-18-14(12)13(10-16-18)15(19)20/h6-7,9-10H,3-5,8,11H2,1-2H3,(H,19,20). The highest BCUT2D eigenvalue weighted by Crippen LogP contribution is 2.18. The van der Waals surface area contributed by atoms with Gasteiger partial charge in [0.25, 0.3) is 0 Å². The fourth-order valence-electron chi connectivity index (χ4n) is 2.37. The predicted molar refractivity (Wildman–Crippen MR) is 78.0 cm³/mol. The highest BCUT2D eigenvalue weighted by atomic mass is 16.4. The monoisotopic (exact) mass is 275 g/mol. The molecular formula is C15H21N3O2. The average molecular weight is 275 g/mol. The molecule has 1 N–H and O–H groups in total.